The predicted molar refractivity (Wildman–Crippen MR) is 73.9 cm³/mol. The zero-order valence-corrected chi connectivity index (χ0v) is 10.4. The van der Waals surface area contributed by atoms with E-state index in [1.807, 2.05) is 0 Å². The maximum atomic E-state index is 2.37. The van der Waals surface area contributed by atoms with E-state index in [0.717, 1.165) is 19.3 Å². The summed E-state index contributed by atoms with van der Waals surface area (Å²) in [4.78, 5) is 0. The van der Waals surface area contributed by atoms with Crippen LogP contribution >= 0.6 is 0 Å². The topological polar surface area (TPSA) is 0 Å². The first-order valence-electron chi connectivity index (χ1n) is 6.26. The molecule has 0 N–H and O–H groups in total. The number of aryl methyl sites for hydroxylation is 2. The Balaban J connectivity index is 1.71. The van der Waals surface area contributed by atoms with E-state index in [4.69, 9.17) is 0 Å². The molecule has 0 aliphatic heterocycles. The van der Waals surface area contributed by atoms with Gasteiger partial charge in [-0.1, -0.05) is 60.2 Å². The lowest BCUT2D eigenvalue weighted by atomic mass is 10.0. The van der Waals surface area contributed by atoms with Crippen LogP contribution in [0, 0.1) is 13.3 Å². The predicted octanol–water partition coefficient (Wildman–Crippen LogP) is 4.37. The lowest BCUT2D eigenvalue weighted by Gasteiger charge is -2.02. The molecule has 0 saturated carbocycles. The molecule has 2 aromatic rings. The van der Waals surface area contributed by atoms with Crippen molar-refractivity contribution in [2.24, 2.45) is 0 Å². The van der Waals surface area contributed by atoms with Gasteiger partial charge in [-0.2, -0.15) is 0 Å². The van der Waals surface area contributed by atoms with Crippen LogP contribution in [0.5, 0.6) is 0 Å². The largest absolute Gasteiger partial charge is 0.0622 e. The Kier molecular flexibility index (Phi) is 4.37. The molecule has 0 fully saturated rings. The fraction of sp³-hybridized carbons (Fsp3) is 0.235. The van der Waals surface area contributed by atoms with Crippen molar-refractivity contribution in [2.45, 2.75) is 26.2 Å². The summed E-state index contributed by atoms with van der Waals surface area (Å²) in [5, 5.41) is 0. The number of hydrogen-bond acceptors (Lipinski definition) is 0. The van der Waals surface area contributed by atoms with Crippen molar-refractivity contribution < 1.29 is 0 Å². The van der Waals surface area contributed by atoms with E-state index in [1.54, 1.807) is 0 Å². The average Bonchev–Trinajstić information content (AvgIpc) is 2.38. The smallest absolute Gasteiger partial charge is 0.0247 e. The third-order valence-electron chi connectivity index (χ3n) is 2.98. The van der Waals surface area contributed by atoms with Crippen LogP contribution in [0.15, 0.2) is 54.6 Å². The van der Waals surface area contributed by atoms with Gasteiger partial charge < -0.3 is 0 Å². The molecule has 0 amide bonds. The van der Waals surface area contributed by atoms with Crippen LogP contribution in [0.2, 0.25) is 0 Å². The number of hydrogen-bond donors (Lipinski definition) is 0. The molecule has 0 unspecified atom stereocenters. The zero-order chi connectivity index (χ0) is 11.9. The number of benzene rings is 2. The van der Waals surface area contributed by atoms with E-state index in [9.17, 15) is 0 Å². The van der Waals surface area contributed by atoms with Crippen LogP contribution in [0.1, 0.15) is 23.1 Å². The van der Waals surface area contributed by atoms with Crippen molar-refractivity contribution in [1.82, 2.24) is 0 Å². The lowest BCUT2D eigenvalue weighted by molar-refractivity contribution is 0.892. The molecular weight excluding hydrogens is 204 g/mol. The van der Waals surface area contributed by atoms with Crippen molar-refractivity contribution in [3.63, 3.8) is 0 Å². The summed E-state index contributed by atoms with van der Waals surface area (Å²) in [7, 11) is 0. The van der Waals surface area contributed by atoms with E-state index >= 15 is 0 Å². The van der Waals surface area contributed by atoms with Gasteiger partial charge in [0.1, 0.15) is 0 Å². The Labute approximate surface area is 104 Å². The molecule has 0 aliphatic rings. The Hall–Kier alpha value is -1.56. The van der Waals surface area contributed by atoms with Gasteiger partial charge in [-0.05, 0) is 43.7 Å². The van der Waals surface area contributed by atoms with Gasteiger partial charge in [0.15, 0.2) is 0 Å². The number of rotatable bonds is 5. The molecule has 0 heterocycles. The molecule has 0 aliphatic carbocycles. The molecular formula is C17H19. The van der Waals surface area contributed by atoms with Crippen molar-refractivity contribution >= 4 is 0 Å². The van der Waals surface area contributed by atoms with Gasteiger partial charge in [0.05, 0.1) is 0 Å². The molecule has 0 saturated heterocycles. The summed E-state index contributed by atoms with van der Waals surface area (Å²) in [5.41, 5.74) is 4.16. The second-order valence-electron chi connectivity index (χ2n) is 4.50. The molecule has 87 valence electrons. The number of unbranched alkanes of at least 4 members (excludes halogenated alkanes) is 1. The summed E-state index contributed by atoms with van der Waals surface area (Å²) < 4.78 is 0. The molecule has 0 nitrogen and oxygen atoms in total. The van der Waals surface area contributed by atoms with Crippen LogP contribution in [0.25, 0.3) is 0 Å². The van der Waals surface area contributed by atoms with Crippen molar-refractivity contribution in [3.8, 4) is 0 Å². The monoisotopic (exact) mass is 223 g/mol. The molecule has 0 spiro atoms. The molecule has 0 aromatic heterocycles. The van der Waals surface area contributed by atoms with E-state index in [2.05, 4.69) is 67.9 Å². The molecule has 2 rings (SSSR count). The first-order chi connectivity index (χ1) is 8.34. The highest BCUT2D eigenvalue weighted by atomic mass is 14.0. The fourth-order valence-electron chi connectivity index (χ4n) is 1.91. The van der Waals surface area contributed by atoms with Gasteiger partial charge in [0.25, 0.3) is 0 Å². The van der Waals surface area contributed by atoms with Gasteiger partial charge in [-0.25, -0.2) is 0 Å². The molecule has 17 heavy (non-hydrogen) atoms. The van der Waals surface area contributed by atoms with E-state index < -0.39 is 0 Å². The normalized spacial score (nSPS) is 10.4. The summed E-state index contributed by atoms with van der Waals surface area (Å²) >= 11 is 0. The Morgan fingerprint density at radius 1 is 0.824 bits per heavy atom. The summed E-state index contributed by atoms with van der Waals surface area (Å²) in [6.45, 7) is 2.13. The quantitative estimate of drug-likeness (QED) is 0.660. The van der Waals surface area contributed by atoms with Gasteiger partial charge in [-0.3, -0.25) is 0 Å². The first-order valence-corrected chi connectivity index (χ1v) is 6.26. The maximum absolute atomic E-state index is 2.37. The third-order valence-corrected chi connectivity index (χ3v) is 2.98. The van der Waals surface area contributed by atoms with E-state index in [-0.39, 0.29) is 0 Å². The van der Waals surface area contributed by atoms with Crippen LogP contribution in [0.4, 0.5) is 0 Å². The minimum Gasteiger partial charge on any atom is -0.0622 e. The Morgan fingerprint density at radius 2 is 1.53 bits per heavy atom. The molecule has 0 atom stereocenters. The molecule has 0 bridgehead atoms. The minimum absolute atomic E-state index is 1.08. The van der Waals surface area contributed by atoms with E-state index in [1.165, 1.54) is 16.7 Å². The van der Waals surface area contributed by atoms with Crippen molar-refractivity contribution in [3.05, 3.63) is 77.7 Å². The highest BCUT2D eigenvalue weighted by molar-refractivity contribution is 5.22. The highest BCUT2D eigenvalue weighted by Crippen LogP contribution is 2.09. The van der Waals surface area contributed by atoms with Gasteiger partial charge in [0, 0.05) is 0 Å². The Morgan fingerprint density at radius 3 is 2.24 bits per heavy atom. The van der Waals surface area contributed by atoms with Crippen LogP contribution in [0.3, 0.4) is 0 Å². The summed E-state index contributed by atoms with van der Waals surface area (Å²) in [6, 6.07) is 19.5. The lowest BCUT2D eigenvalue weighted by Crippen LogP contribution is -1.90. The minimum atomic E-state index is 1.08. The Bertz CT molecular complexity index is 425. The van der Waals surface area contributed by atoms with Crippen molar-refractivity contribution in [1.29, 1.82) is 0 Å². The standard InChI is InChI=1S/C17H19/c1-15-11-13-17(14-12-15)10-6-5-9-16-7-3-2-4-8-16/h2-4,6-8,11-14H,5,9-10H2,1H3. The van der Waals surface area contributed by atoms with Crippen LogP contribution < -0.4 is 0 Å². The van der Waals surface area contributed by atoms with Gasteiger partial charge >= 0.3 is 0 Å². The summed E-state index contributed by atoms with van der Waals surface area (Å²) in [5.74, 6) is 0. The molecule has 0 heteroatoms. The second kappa shape index (κ2) is 6.24. The first kappa shape index (κ1) is 11.9. The van der Waals surface area contributed by atoms with Gasteiger partial charge in [0.2, 0.25) is 0 Å². The SMILES string of the molecule is Cc1ccc(C[CH]CCc2ccccc2)cc1. The zero-order valence-electron chi connectivity index (χ0n) is 10.4. The third kappa shape index (κ3) is 4.07. The molecule has 2 aromatic carbocycles. The highest BCUT2D eigenvalue weighted by Gasteiger charge is 1.95. The summed E-state index contributed by atoms with van der Waals surface area (Å²) in [6.07, 6.45) is 5.75. The maximum Gasteiger partial charge on any atom is -0.0247 e. The van der Waals surface area contributed by atoms with Crippen LogP contribution in [-0.2, 0) is 12.8 Å². The average molecular weight is 223 g/mol. The second-order valence-corrected chi connectivity index (χ2v) is 4.50. The van der Waals surface area contributed by atoms with Crippen molar-refractivity contribution in [2.75, 3.05) is 0 Å². The fourth-order valence-corrected chi connectivity index (χ4v) is 1.91. The van der Waals surface area contributed by atoms with Gasteiger partial charge in [-0.15, -0.1) is 0 Å². The molecule has 1 radical (unpaired) electrons. The van der Waals surface area contributed by atoms with Crippen LogP contribution in [-0.4, -0.2) is 0 Å². The van der Waals surface area contributed by atoms with E-state index in [0.29, 0.717) is 0 Å².